The van der Waals surface area contributed by atoms with Gasteiger partial charge in [-0.2, -0.15) is 0 Å². The molecule has 0 aliphatic carbocycles. The Morgan fingerprint density at radius 1 is 0.500 bits per heavy atom. The second-order valence-electron chi connectivity index (χ2n) is 20.0. The van der Waals surface area contributed by atoms with Gasteiger partial charge in [-0.25, -0.2) is 14.4 Å². The number of phenols is 1. The summed E-state index contributed by atoms with van der Waals surface area (Å²) in [4.78, 5) is 7.51. The second-order valence-corrected chi connectivity index (χ2v) is 21.2. The average Bonchev–Trinajstić information content (AvgIpc) is 3.41. The van der Waals surface area contributed by atoms with E-state index in [9.17, 15) is 4.39 Å². The summed E-state index contributed by atoms with van der Waals surface area (Å²) in [5.41, 5.74) is 13.2. The van der Waals surface area contributed by atoms with Crippen LogP contribution in [0.2, 0.25) is 15.3 Å². The number of aromatic hydroxyl groups is 1. The first kappa shape index (κ1) is 71.6. The molecule has 10 heteroatoms. The van der Waals surface area contributed by atoms with Crippen LogP contribution in [0.4, 0.5) is 4.39 Å². The van der Waals surface area contributed by atoms with Gasteiger partial charge in [0.25, 0.3) is 0 Å². The van der Waals surface area contributed by atoms with Crippen molar-refractivity contribution in [3.63, 3.8) is 0 Å². The lowest BCUT2D eigenvalue weighted by Crippen LogP contribution is -2.05. The van der Waals surface area contributed by atoms with Crippen LogP contribution in [0.3, 0.4) is 0 Å². The normalized spacial score (nSPS) is 9.82. The zero-order valence-electron chi connectivity index (χ0n) is 50.6. The van der Waals surface area contributed by atoms with Crippen LogP contribution in [0.15, 0.2) is 164 Å². The molecule has 0 atom stereocenters. The van der Waals surface area contributed by atoms with E-state index >= 15 is 0 Å². The third-order valence-electron chi connectivity index (χ3n) is 10.9. The van der Waals surface area contributed by atoms with Crippen LogP contribution >= 0.6 is 34.8 Å². The van der Waals surface area contributed by atoms with Gasteiger partial charge >= 0.3 is 0 Å². The Kier molecular flexibility index (Phi) is 37.3. The van der Waals surface area contributed by atoms with Crippen LogP contribution in [0.25, 0.3) is 0 Å². The molecule has 0 aliphatic rings. The molecule has 2 heterocycles. The Hall–Kier alpha value is -6.38. The number of rotatable bonds is 11. The van der Waals surface area contributed by atoms with Crippen LogP contribution in [-0.2, 0) is 12.8 Å². The number of benzene rings is 6. The van der Waals surface area contributed by atoms with Gasteiger partial charge in [-0.15, -0.1) is 0 Å². The molecule has 0 radical (unpaired) electrons. The van der Waals surface area contributed by atoms with Gasteiger partial charge in [0.1, 0.15) is 28.2 Å². The summed E-state index contributed by atoms with van der Waals surface area (Å²) in [7, 11) is 0. The fourth-order valence-electron chi connectivity index (χ4n) is 6.61. The Morgan fingerprint density at radius 3 is 1.40 bits per heavy atom. The quantitative estimate of drug-likeness (QED) is 0.130. The fourth-order valence-corrected chi connectivity index (χ4v) is 7.07. The number of halogens is 4. The third kappa shape index (κ3) is 35.3. The zero-order chi connectivity index (χ0) is 60.0. The van der Waals surface area contributed by atoms with Gasteiger partial charge in [0.15, 0.2) is 11.0 Å². The average molecular weight is 1150 g/mol. The van der Waals surface area contributed by atoms with Crippen molar-refractivity contribution < 1.29 is 23.7 Å². The summed E-state index contributed by atoms with van der Waals surface area (Å²) in [6.45, 7) is 34.3. The molecule has 432 valence electrons. The lowest BCUT2D eigenvalue weighted by molar-refractivity contribution is 0.242. The Morgan fingerprint density at radius 2 is 0.988 bits per heavy atom. The molecule has 0 aliphatic heterocycles. The number of pyridine rings is 2. The number of aromatic nitrogens is 2. The third-order valence-corrected chi connectivity index (χ3v) is 11.9. The van der Waals surface area contributed by atoms with E-state index in [1.54, 1.807) is 25.3 Å². The van der Waals surface area contributed by atoms with Gasteiger partial charge in [-0.05, 0) is 208 Å². The molecule has 6 aromatic carbocycles. The van der Waals surface area contributed by atoms with Crippen molar-refractivity contribution in [2.75, 3.05) is 13.2 Å². The van der Waals surface area contributed by atoms with Crippen molar-refractivity contribution in [2.24, 2.45) is 5.92 Å². The van der Waals surface area contributed by atoms with Crippen molar-refractivity contribution >= 4 is 34.8 Å². The maximum absolute atomic E-state index is 12.4. The monoisotopic (exact) mass is 1150 g/mol. The summed E-state index contributed by atoms with van der Waals surface area (Å²) in [6.07, 6.45) is 8.38. The molecule has 0 saturated carbocycles. The highest BCUT2D eigenvalue weighted by Crippen LogP contribution is 2.18. The highest BCUT2D eigenvalue weighted by molar-refractivity contribution is 6.31. The minimum absolute atomic E-state index is 0.0689. The van der Waals surface area contributed by atoms with Gasteiger partial charge in [0.05, 0.1) is 19.3 Å². The van der Waals surface area contributed by atoms with E-state index in [4.69, 9.17) is 54.1 Å². The molecule has 0 unspecified atom stereocenters. The van der Waals surface area contributed by atoms with E-state index in [0.717, 1.165) is 64.2 Å². The molecule has 6 nitrogen and oxygen atoms in total. The number of unbranched alkanes of at least 4 members (excludes halogenated alkanes) is 1. The van der Waals surface area contributed by atoms with Crippen LogP contribution in [0, 0.1) is 74.0 Å². The smallest absolute Gasteiger partial charge is 0.164 e. The predicted octanol–water partition coefficient (Wildman–Crippen LogP) is 21.0. The maximum atomic E-state index is 12.4. The first-order valence-electron chi connectivity index (χ1n) is 27.5. The van der Waals surface area contributed by atoms with Crippen LogP contribution in [0.1, 0.15) is 123 Å². The summed E-state index contributed by atoms with van der Waals surface area (Å²) in [5, 5.41) is 10.2. The van der Waals surface area contributed by atoms with E-state index in [-0.39, 0.29) is 11.3 Å². The van der Waals surface area contributed by atoms with E-state index in [2.05, 4.69) is 121 Å². The molecular formula is C70H90Cl3FN2O4. The minimum atomic E-state index is -0.461. The molecule has 0 amide bonds. The van der Waals surface area contributed by atoms with Crippen LogP contribution in [-0.4, -0.2) is 34.4 Å². The summed E-state index contributed by atoms with van der Waals surface area (Å²) >= 11 is 16.9. The lowest BCUT2D eigenvalue weighted by Gasteiger charge is -2.09. The molecule has 1 N–H and O–H groups in total. The molecule has 0 fully saturated rings. The number of ether oxygens (including phenoxy) is 3. The number of hydrogen-bond donors (Lipinski definition) is 1. The topological polar surface area (TPSA) is 73.7 Å². The standard InChI is InChI=1S/C11H16O.C11H16.C10H14O.C9H11Cl.C9H12O.C7H8ClN.C7H8O.C6H5ClFN/c1-9(2)8-12-11-6-4-10(3)5-7-11;1-3-4-5-11-8-6-10(2)7-9-11;1-8(2)11-10-6-4-5-9(3)7-10;1-3-8-6-7(2)4-5-9(8)10;1-3-10-9-6-4-8(2)5-7-9;1-5-3-6(2)7(8)9-4-5;1-6-3-2-4-7(8)5-6;1-4-2-5(8)6(7)9-3-4/h4-7,9H,8H2,1-3H3;6-9H,3-5H2,1-2H3;4-8H,1-3H3;4-6H,3H2,1-2H3;4-7H,3H2,1-2H3;3-4H,1-2H3;2-5,8H,1H3;2-3H,1H3. The minimum Gasteiger partial charge on any atom is -0.508 e. The predicted molar refractivity (Wildman–Crippen MR) is 342 cm³/mol. The molecule has 8 rings (SSSR count). The van der Waals surface area contributed by atoms with E-state index in [0.29, 0.717) is 16.8 Å². The second kappa shape index (κ2) is 41.6. The van der Waals surface area contributed by atoms with E-state index < -0.39 is 5.82 Å². The molecule has 80 heavy (non-hydrogen) atoms. The number of nitrogens with zero attached hydrogens (tertiary/aromatic N) is 2. The molecule has 0 saturated heterocycles. The highest BCUT2D eigenvalue weighted by atomic mass is 35.5. The summed E-state index contributed by atoms with van der Waals surface area (Å²) in [5.74, 6) is 3.34. The van der Waals surface area contributed by atoms with Gasteiger partial charge in [0, 0.05) is 17.4 Å². The first-order valence-corrected chi connectivity index (χ1v) is 28.6. The van der Waals surface area contributed by atoms with Gasteiger partial charge in [-0.3, -0.25) is 0 Å². The van der Waals surface area contributed by atoms with E-state index in [1.807, 2.05) is 126 Å². The largest absolute Gasteiger partial charge is 0.508 e. The maximum Gasteiger partial charge on any atom is 0.164 e. The Labute approximate surface area is 496 Å². The van der Waals surface area contributed by atoms with Crippen molar-refractivity contribution in [1.82, 2.24) is 9.97 Å². The number of hydrogen-bond acceptors (Lipinski definition) is 6. The molecule has 0 bridgehead atoms. The summed E-state index contributed by atoms with van der Waals surface area (Å²) < 4.78 is 28.7. The Bertz CT molecular complexity index is 2830. The number of phenolic OH excluding ortho intramolecular Hbond substituents is 1. The highest BCUT2D eigenvalue weighted by Gasteiger charge is 2.00. The summed E-state index contributed by atoms with van der Waals surface area (Å²) in [6, 6.07) is 49.7. The first-order chi connectivity index (χ1) is 37.9. The van der Waals surface area contributed by atoms with Crippen molar-refractivity contribution in [2.45, 2.75) is 143 Å². The van der Waals surface area contributed by atoms with Crippen molar-refractivity contribution in [3.05, 3.63) is 246 Å². The number of aryl methyl sites for hydroxylation is 11. The molecule has 2 aromatic heterocycles. The molecular weight excluding hydrogens is 1060 g/mol. The van der Waals surface area contributed by atoms with Crippen molar-refractivity contribution in [3.8, 4) is 23.0 Å². The Balaban J connectivity index is 0.000000458. The van der Waals surface area contributed by atoms with Crippen LogP contribution < -0.4 is 14.2 Å². The molecule has 8 aromatic rings. The van der Waals surface area contributed by atoms with Gasteiger partial charge < -0.3 is 19.3 Å². The van der Waals surface area contributed by atoms with Crippen LogP contribution in [0.5, 0.6) is 23.0 Å². The molecule has 0 spiro atoms. The van der Waals surface area contributed by atoms with Gasteiger partial charge in [-0.1, -0.05) is 182 Å². The van der Waals surface area contributed by atoms with Gasteiger partial charge in [0.2, 0.25) is 0 Å². The lowest BCUT2D eigenvalue weighted by atomic mass is 10.1. The zero-order valence-corrected chi connectivity index (χ0v) is 52.8. The fraction of sp³-hybridized carbons (Fsp3) is 0.343. The van der Waals surface area contributed by atoms with E-state index in [1.165, 1.54) is 70.5 Å². The van der Waals surface area contributed by atoms with Crippen molar-refractivity contribution in [1.29, 1.82) is 0 Å². The SMILES string of the molecule is CCCCc1ccc(C)cc1.CCOc1ccc(C)cc1.CCc1cc(C)ccc1Cl.Cc1ccc(OCC(C)C)cc1.Cc1cccc(O)c1.Cc1cccc(OC(C)C)c1.Cc1cnc(Cl)c(C)c1.Cc1cnc(Cl)c(F)c1.